The van der Waals surface area contributed by atoms with Crippen LogP contribution in [0.2, 0.25) is 0 Å². The van der Waals surface area contributed by atoms with Crippen LogP contribution in [0.4, 0.5) is 13.2 Å². The summed E-state index contributed by atoms with van der Waals surface area (Å²) in [6.07, 6.45) is -5.58. The van der Waals surface area contributed by atoms with Crippen molar-refractivity contribution in [1.82, 2.24) is 0 Å². The normalized spacial score (nSPS) is 14.9. The molecule has 1 aromatic carbocycles. The lowest BCUT2D eigenvalue weighted by Crippen LogP contribution is -2.28. The van der Waals surface area contributed by atoms with Gasteiger partial charge in [0.1, 0.15) is 11.9 Å². The Balaban J connectivity index is 2.65. The SMILES string of the molecule is COc1ccccc1C(OCCCC(F)(F)F)C(C)N. The Morgan fingerprint density at radius 1 is 1.25 bits per heavy atom. The second-order valence-corrected chi connectivity index (χ2v) is 4.61. The summed E-state index contributed by atoms with van der Waals surface area (Å²) < 4.78 is 47.0. The topological polar surface area (TPSA) is 44.5 Å². The van der Waals surface area contributed by atoms with E-state index >= 15 is 0 Å². The zero-order valence-corrected chi connectivity index (χ0v) is 11.6. The molecular formula is C14H20F3NO2. The third-order valence-corrected chi connectivity index (χ3v) is 2.82. The van der Waals surface area contributed by atoms with E-state index in [4.69, 9.17) is 15.2 Å². The summed E-state index contributed by atoms with van der Waals surface area (Å²) in [7, 11) is 1.53. The number of nitrogens with two attached hydrogens (primary N) is 1. The minimum atomic E-state index is -4.16. The van der Waals surface area contributed by atoms with Crippen LogP contribution in [0.15, 0.2) is 24.3 Å². The van der Waals surface area contributed by atoms with Crippen LogP contribution in [0.3, 0.4) is 0 Å². The van der Waals surface area contributed by atoms with Gasteiger partial charge in [0.05, 0.1) is 7.11 Å². The number of hydrogen-bond donors (Lipinski definition) is 1. The van der Waals surface area contributed by atoms with E-state index in [2.05, 4.69) is 0 Å². The molecule has 114 valence electrons. The molecule has 1 aromatic rings. The first-order chi connectivity index (χ1) is 9.35. The molecule has 3 nitrogen and oxygen atoms in total. The number of rotatable bonds is 7. The molecule has 2 N–H and O–H groups in total. The van der Waals surface area contributed by atoms with E-state index in [1.165, 1.54) is 7.11 Å². The van der Waals surface area contributed by atoms with Crippen molar-refractivity contribution >= 4 is 0 Å². The van der Waals surface area contributed by atoms with Gasteiger partial charge in [0.15, 0.2) is 0 Å². The molecule has 6 heteroatoms. The summed E-state index contributed by atoms with van der Waals surface area (Å²) in [6, 6.07) is 6.84. The lowest BCUT2D eigenvalue weighted by atomic mass is 10.0. The van der Waals surface area contributed by atoms with Crippen LogP contribution < -0.4 is 10.5 Å². The Bertz CT molecular complexity index is 408. The van der Waals surface area contributed by atoms with E-state index in [0.29, 0.717) is 5.75 Å². The standard InChI is InChI=1S/C14H20F3NO2/c1-10(18)13(20-9-5-8-14(15,16)17)11-6-3-4-7-12(11)19-2/h3-4,6-7,10,13H,5,8-9,18H2,1-2H3. The lowest BCUT2D eigenvalue weighted by Gasteiger charge is -2.23. The molecule has 2 unspecified atom stereocenters. The van der Waals surface area contributed by atoms with Gasteiger partial charge in [0, 0.05) is 24.6 Å². The van der Waals surface area contributed by atoms with Gasteiger partial charge in [-0.25, -0.2) is 0 Å². The molecule has 0 amide bonds. The number of halogens is 3. The third kappa shape index (κ3) is 5.38. The van der Waals surface area contributed by atoms with Gasteiger partial charge in [-0.05, 0) is 19.4 Å². The van der Waals surface area contributed by atoms with E-state index in [-0.39, 0.29) is 19.1 Å². The van der Waals surface area contributed by atoms with Crippen LogP contribution in [0.1, 0.15) is 31.4 Å². The summed E-state index contributed by atoms with van der Waals surface area (Å²) >= 11 is 0. The van der Waals surface area contributed by atoms with Gasteiger partial charge >= 0.3 is 6.18 Å². The summed E-state index contributed by atoms with van der Waals surface area (Å²) in [4.78, 5) is 0. The Hall–Kier alpha value is -1.27. The van der Waals surface area contributed by atoms with Gasteiger partial charge in [-0.3, -0.25) is 0 Å². The highest BCUT2D eigenvalue weighted by atomic mass is 19.4. The molecule has 0 saturated heterocycles. The van der Waals surface area contributed by atoms with Crippen LogP contribution in [-0.2, 0) is 4.74 Å². The van der Waals surface area contributed by atoms with E-state index in [1.807, 2.05) is 12.1 Å². The van der Waals surface area contributed by atoms with Crippen molar-refractivity contribution in [3.05, 3.63) is 29.8 Å². The Kier molecular flexibility index (Phi) is 6.29. The summed E-state index contributed by atoms with van der Waals surface area (Å²) in [5.74, 6) is 0.616. The Morgan fingerprint density at radius 3 is 2.45 bits per heavy atom. The second-order valence-electron chi connectivity index (χ2n) is 4.61. The minimum Gasteiger partial charge on any atom is -0.496 e. The van der Waals surface area contributed by atoms with E-state index in [1.54, 1.807) is 19.1 Å². The van der Waals surface area contributed by atoms with Crippen molar-refractivity contribution in [3.8, 4) is 5.75 Å². The number of ether oxygens (including phenoxy) is 2. The van der Waals surface area contributed by atoms with Crippen molar-refractivity contribution in [1.29, 1.82) is 0 Å². The molecule has 0 aromatic heterocycles. The second kappa shape index (κ2) is 7.50. The van der Waals surface area contributed by atoms with Gasteiger partial charge in [0.25, 0.3) is 0 Å². The summed E-state index contributed by atoms with van der Waals surface area (Å²) in [5, 5.41) is 0. The van der Waals surface area contributed by atoms with E-state index < -0.39 is 18.7 Å². The maximum Gasteiger partial charge on any atom is 0.389 e. The van der Waals surface area contributed by atoms with Crippen LogP contribution in [0, 0.1) is 0 Å². The molecule has 1 rings (SSSR count). The zero-order chi connectivity index (χ0) is 15.2. The number of benzene rings is 1. The third-order valence-electron chi connectivity index (χ3n) is 2.82. The average molecular weight is 291 g/mol. The fourth-order valence-electron chi connectivity index (χ4n) is 1.91. The van der Waals surface area contributed by atoms with Gasteiger partial charge in [0.2, 0.25) is 0 Å². The summed E-state index contributed by atoms with van der Waals surface area (Å²) in [6.45, 7) is 1.75. The monoisotopic (exact) mass is 291 g/mol. The fraction of sp³-hybridized carbons (Fsp3) is 0.571. The number of hydrogen-bond acceptors (Lipinski definition) is 3. The highest BCUT2D eigenvalue weighted by Crippen LogP contribution is 2.30. The van der Waals surface area contributed by atoms with Crippen molar-refractivity contribution < 1.29 is 22.6 Å². The zero-order valence-electron chi connectivity index (χ0n) is 11.6. The van der Waals surface area contributed by atoms with Crippen LogP contribution in [0.25, 0.3) is 0 Å². The molecule has 0 radical (unpaired) electrons. The quantitative estimate of drug-likeness (QED) is 0.783. The smallest absolute Gasteiger partial charge is 0.389 e. The molecule has 0 spiro atoms. The van der Waals surface area contributed by atoms with Gasteiger partial charge in [-0.1, -0.05) is 18.2 Å². The molecule has 0 aliphatic heterocycles. The largest absolute Gasteiger partial charge is 0.496 e. The minimum absolute atomic E-state index is 0.00374. The molecule has 0 aliphatic rings. The highest BCUT2D eigenvalue weighted by Gasteiger charge is 2.27. The molecule has 0 bridgehead atoms. The average Bonchev–Trinajstić information content (AvgIpc) is 2.37. The van der Waals surface area contributed by atoms with Crippen molar-refractivity contribution in [3.63, 3.8) is 0 Å². The maximum absolute atomic E-state index is 12.1. The number of alkyl halides is 3. The van der Waals surface area contributed by atoms with Gasteiger partial charge in [-0.2, -0.15) is 13.2 Å². The fourth-order valence-corrected chi connectivity index (χ4v) is 1.91. The maximum atomic E-state index is 12.1. The first-order valence-electron chi connectivity index (χ1n) is 6.42. The molecule has 0 heterocycles. The Morgan fingerprint density at radius 2 is 1.90 bits per heavy atom. The van der Waals surface area contributed by atoms with Crippen LogP contribution in [-0.4, -0.2) is 25.9 Å². The molecule has 2 atom stereocenters. The van der Waals surface area contributed by atoms with E-state index in [0.717, 1.165) is 5.56 Å². The molecular weight excluding hydrogens is 271 g/mol. The van der Waals surface area contributed by atoms with Crippen molar-refractivity contribution in [2.45, 2.75) is 38.1 Å². The van der Waals surface area contributed by atoms with Gasteiger partial charge < -0.3 is 15.2 Å². The Labute approximate surface area is 116 Å². The molecule has 0 saturated carbocycles. The lowest BCUT2D eigenvalue weighted by molar-refractivity contribution is -0.139. The first-order valence-corrected chi connectivity index (χ1v) is 6.42. The predicted molar refractivity (Wildman–Crippen MR) is 70.6 cm³/mol. The number of methoxy groups -OCH3 is 1. The van der Waals surface area contributed by atoms with Crippen LogP contribution >= 0.6 is 0 Å². The van der Waals surface area contributed by atoms with Crippen molar-refractivity contribution in [2.75, 3.05) is 13.7 Å². The first kappa shape index (κ1) is 16.8. The van der Waals surface area contributed by atoms with E-state index in [9.17, 15) is 13.2 Å². The molecule has 0 fully saturated rings. The van der Waals surface area contributed by atoms with Crippen molar-refractivity contribution in [2.24, 2.45) is 5.73 Å². The van der Waals surface area contributed by atoms with Gasteiger partial charge in [-0.15, -0.1) is 0 Å². The molecule has 20 heavy (non-hydrogen) atoms. The highest BCUT2D eigenvalue weighted by molar-refractivity contribution is 5.35. The molecule has 0 aliphatic carbocycles. The summed E-state index contributed by atoms with van der Waals surface area (Å²) in [5.41, 5.74) is 6.60. The van der Waals surface area contributed by atoms with Crippen LogP contribution in [0.5, 0.6) is 5.75 Å². The number of para-hydroxylation sites is 1. The predicted octanol–water partition coefficient (Wildman–Crippen LogP) is 3.44.